The van der Waals surface area contributed by atoms with Crippen molar-refractivity contribution in [3.05, 3.63) is 51.1 Å². The van der Waals surface area contributed by atoms with E-state index in [4.69, 9.17) is 0 Å². The second kappa shape index (κ2) is 7.31. The second-order valence-corrected chi connectivity index (χ2v) is 16.6. The molecular formula is C34H50O2. The van der Waals surface area contributed by atoms with E-state index in [0.29, 0.717) is 17.6 Å². The fourth-order valence-electron chi connectivity index (χ4n) is 8.48. The van der Waals surface area contributed by atoms with E-state index in [-0.39, 0.29) is 33.0 Å². The first-order valence-corrected chi connectivity index (χ1v) is 14.3. The summed E-state index contributed by atoms with van der Waals surface area (Å²) in [4.78, 5) is 0. The number of phenolic OH excluding ortho intramolecular Hbond substituents is 1. The summed E-state index contributed by atoms with van der Waals surface area (Å²) in [7, 11) is 0. The van der Waals surface area contributed by atoms with E-state index in [1.54, 1.807) is 0 Å². The predicted octanol–water partition coefficient (Wildman–Crippen LogP) is 8.13. The largest absolute Gasteiger partial charge is 0.507 e. The summed E-state index contributed by atoms with van der Waals surface area (Å²) in [5.74, 6) is 1.53. The molecule has 0 saturated heterocycles. The molecule has 0 radical (unpaired) electrons. The number of hydrogen-bond donors (Lipinski definition) is 2. The van der Waals surface area contributed by atoms with Crippen molar-refractivity contribution < 1.29 is 10.2 Å². The molecule has 2 nitrogen and oxygen atoms in total. The van der Waals surface area contributed by atoms with Crippen LogP contribution in [0, 0.1) is 28.6 Å². The number of fused-ring (bicyclic) bond motifs is 1. The molecule has 0 aromatic heterocycles. The number of aliphatic hydroxyl groups is 1. The third-order valence-corrected chi connectivity index (χ3v) is 10.1. The first-order valence-electron chi connectivity index (χ1n) is 14.3. The molecule has 2 heteroatoms. The van der Waals surface area contributed by atoms with E-state index in [1.807, 2.05) is 0 Å². The first-order chi connectivity index (χ1) is 16.2. The van der Waals surface area contributed by atoms with E-state index in [2.05, 4.69) is 95.2 Å². The van der Waals surface area contributed by atoms with E-state index < -0.39 is 6.10 Å². The fourth-order valence-corrected chi connectivity index (χ4v) is 8.48. The highest BCUT2D eigenvalue weighted by atomic mass is 16.3. The molecule has 1 saturated carbocycles. The smallest absolute Gasteiger partial charge is 0.123 e. The third-order valence-electron chi connectivity index (χ3n) is 10.1. The molecule has 5 rings (SSSR count). The Hall–Kier alpha value is -1.54. The summed E-state index contributed by atoms with van der Waals surface area (Å²) in [5.41, 5.74) is 8.73. The first kappa shape index (κ1) is 26.1. The van der Waals surface area contributed by atoms with Crippen molar-refractivity contribution >= 4 is 0 Å². The lowest BCUT2D eigenvalue weighted by Crippen LogP contribution is -2.53. The quantitative estimate of drug-likeness (QED) is 0.385. The van der Waals surface area contributed by atoms with Crippen LogP contribution < -0.4 is 0 Å². The van der Waals surface area contributed by atoms with Crippen molar-refractivity contribution in [3.8, 4) is 5.75 Å². The maximum absolute atomic E-state index is 12.2. The van der Waals surface area contributed by atoms with Crippen LogP contribution in [0.25, 0.3) is 0 Å². The van der Waals surface area contributed by atoms with Crippen molar-refractivity contribution in [1.82, 2.24) is 0 Å². The number of hydrogen-bond acceptors (Lipinski definition) is 2. The summed E-state index contributed by atoms with van der Waals surface area (Å²) in [6.07, 6.45) is 5.17. The zero-order valence-electron chi connectivity index (χ0n) is 25.0. The highest BCUT2D eigenvalue weighted by Crippen LogP contribution is 2.74. The Morgan fingerprint density at radius 3 is 1.83 bits per heavy atom. The van der Waals surface area contributed by atoms with Crippen LogP contribution in [0.5, 0.6) is 5.75 Å². The molecule has 4 aliphatic rings. The minimum Gasteiger partial charge on any atom is -0.507 e. The SMILES string of the molecule is CC(C)(C)C1=C[C@H](C(C)(C)C)C(O)C2=C1C[C@H]1C[C@@H]3Cc4c(C(C)(C)C)cc(C(C)(C)C)c(O)c4[C@]213. The lowest BCUT2D eigenvalue weighted by Gasteiger charge is -2.54. The van der Waals surface area contributed by atoms with Crippen LogP contribution in [0.2, 0.25) is 0 Å². The molecule has 0 aliphatic heterocycles. The maximum atomic E-state index is 12.2. The Morgan fingerprint density at radius 2 is 1.33 bits per heavy atom. The van der Waals surface area contributed by atoms with Crippen molar-refractivity contribution in [2.75, 3.05) is 0 Å². The lowest BCUT2D eigenvalue weighted by molar-refractivity contribution is 0.0359. The van der Waals surface area contributed by atoms with Crippen LogP contribution in [-0.2, 0) is 22.7 Å². The molecule has 1 aromatic rings. The number of aliphatic hydroxyl groups excluding tert-OH is 1. The topological polar surface area (TPSA) is 40.5 Å². The minimum atomic E-state index is -0.499. The van der Waals surface area contributed by atoms with Crippen LogP contribution in [0.1, 0.15) is 118 Å². The molecule has 36 heavy (non-hydrogen) atoms. The molecule has 1 fully saturated rings. The van der Waals surface area contributed by atoms with Crippen molar-refractivity contribution in [2.24, 2.45) is 28.6 Å². The molecule has 1 unspecified atom stereocenters. The molecule has 0 heterocycles. The molecule has 4 aliphatic carbocycles. The van der Waals surface area contributed by atoms with Gasteiger partial charge in [-0.25, -0.2) is 0 Å². The summed E-state index contributed by atoms with van der Waals surface area (Å²) < 4.78 is 0. The summed E-state index contributed by atoms with van der Waals surface area (Å²) in [6, 6.07) is 2.31. The van der Waals surface area contributed by atoms with Gasteiger partial charge in [0.05, 0.1) is 6.10 Å². The van der Waals surface area contributed by atoms with Crippen molar-refractivity contribution in [1.29, 1.82) is 0 Å². The molecule has 0 amide bonds. The van der Waals surface area contributed by atoms with Gasteiger partial charge in [-0.1, -0.05) is 95.2 Å². The zero-order valence-corrected chi connectivity index (χ0v) is 25.0. The summed E-state index contributed by atoms with van der Waals surface area (Å²) in [6.45, 7) is 27.4. The molecule has 198 valence electrons. The Balaban J connectivity index is 1.85. The average Bonchev–Trinajstić information content (AvgIpc) is 3.07. The van der Waals surface area contributed by atoms with E-state index in [0.717, 1.165) is 18.4 Å². The number of aromatic hydroxyl groups is 1. The lowest BCUT2D eigenvalue weighted by atomic mass is 9.49. The number of rotatable bonds is 0. The highest BCUT2D eigenvalue weighted by Gasteiger charge is 2.69. The predicted molar refractivity (Wildman–Crippen MR) is 151 cm³/mol. The number of allylic oxidation sites excluding steroid dienone is 2. The van der Waals surface area contributed by atoms with Crippen LogP contribution >= 0.6 is 0 Å². The van der Waals surface area contributed by atoms with Gasteiger partial charge in [-0.15, -0.1) is 0 Å². The van der Waals surface area contributed by atoms with Crippen molar-refractivity contribution in [3.63, 3.8) is 0 Å². The second-order valence-electron chi connectivity index (χ2n) is 16.6. The van der Waals surface area contributed by atoms with Gasteiger partial charge in [0.1, 0.15) is 5.75 Å². The summed E-state index contributed by atoms with van der Waals surface area (Å²) >= 11 is 0. The Labute approximate surface area is 220 Å². The molecule has 1 aromatic carbocycles. The van der Waals surface area contributed by atoms with Crippen LogP contribution in [-0.4, -0.2) is 16.3 Å². The average molecular weight is 491 g/mol. The van der Waals surface area contributed by atoms with E-state index in [9.17, 15) is 10.2 Å². The van der Waals surface area contributed by atoms with Gasteiger partial charge in [-0.3, -0.25) is 0 Å². The van der Waals surface area contributed by atoms with Gasteiger partial charge in [-0.05, 0) is 86.2 Å². The van der Waals surface area contributed by atoms with Gasteiger partial charge in [0.15, 0.2) is 0 Å². The van der Waals surface area contributed by atoms with Crippen LogP contribution in [0.15, 0.2) is 28.9 Å². The number of phenols is 1. The maximum Gasteiger partial charge on any atom is 0.123 e. The molecular weight excluding hydrogens is 440 g/mol. The standard InChI is InChI=1S/C34H50O2/c1-30(2,3)22-16-24(32(7,8)9)28(35)26-20(22)14-18-13-19-15-21-23(31(4,5)6)17-25(33(10,11)12)29(36)27(21)34(18,19)26/h16-19,24,28,35-36H,13-15H2,1-12H3/t18-,19-,24+,28?,34-/m1/s1. The van der Waals surface area contributed by atoms with Gasteiger partial charge in [0.2, 0.25) is 0 Å². The molecule has 0 bridgehead atoms. The molecule has 5 atom stereocenters. The third kappa shape index (κ3) is 3.31. The van der Waals surface area contributed by atoms with Gasteiger partial charge >= 0.3 is 0 Å². The minimum absolute atomic E-state index is 0.000879. The normalized spacial score (nSPS) is 32.0. The van der Waals surface area contributed by atoms with Crippen LogP contribution in [0.3, 0.4) is 0 Å². The van der Waals surface area contributed by atoms with Crippen molar-refractivity contribution in [2.45, 2.75) is 125 Å². The highest BCUT2D eigenvalue weighted by molar-refractivity contribution is 5.69. The Bertz CT molecular complexity index is 1180. The fraction of sp³-hybridized carbons (Fsp3) is 0.706. The Kier molecular flexibility index (Phi) is 5.29. The zero-order chi connectivity index (χ0) is 27.0. The molecule has 2 N–H and O–H groups in total. The van der Waals surface area contributed by atoms with Gasteiger partial charge in [0, 0.05) is 16.9 Å². The van der Waals surface area contributed by atoms with Gasteiger partial charge in [0.25, 0.3) is 0 Å². The molecule has 1 spiro atoms. The summed E-state index contributed by atoms with van der Waals surface area (Å²) in [5, 5.41) is 24.3. The van der Waals surface area contributed by atoms with E-state index >= 15 is 0 Å². The monoisotopic (exact) mass is 490 g/mol. The number of benzene rings is 1. The Morgan fingerprint density at radius 1 is 0.778 bits per heavy atom. The van der Waals surface area contributed by atoms with Gasteiger partial charge in [-0.2, -0.15) is 0 Å². The van der Waals surface area contributed by atoms with Crippen LogP contribution in [0.4, 0.5) is 0 Å². The van der Waals surface area contributed by atoms with E-state index in [1.165, 1.54) is 39.8 Å². The van der Waals surface area contributed by atoms with Gasteiger partial charge < -0.3 is 10.2 Å².